The average molecular weight is 424 g/mol. The Balaban J connectivity index is 2.38. The smallest absolute Gasteiger partial charge is 0.273 e. The first-order chi connectivity index (χ1) is 13.3. The van der Waals surface area contributed by atoms with Crippen LogP contribution in [0.25, 0.3) is 0 Å². The number of rotatable bonds is 7. The monoisotopic (exact) mass is 423 g/mol. The van der Waals surface area contributed by atoms with Gasteiger partial charge in [0.15, 0.2) is 0 Å². The average Bonchev–Trinajstić information content (AvgIpc) is 2.66. The minimum absolute atomic E-state index is 0.00738. The second-order valence-corrected chi connectivity index (χ2v) is 6.89. The predicted molar refractivity (Wildman–Crippen MR) is 107 cm³/mol. The van der Waals surface area contributed by atoms with E-state index in [4.69, 9.17) is 23.2 Å². The molecule has 0 unspecified atom stereocenters. The summed E-state index contributed by atoms with van der Waals surface area (Å²) in [5, 5.41) is 14.4. The van der Waals surface area contributed by atoms with Gasteiger partial charge in [0, 0.05) is 40.8 Å². The van der Waals surface area contributed by atoms with Crippen molar-refractivity contribution < 1.29 is 14.5 Å². The Bertz CT molecular complexity index is 884. The number of para-hydroxylation sites is 1. The van der Waals surface area contributed by atoms with Crippen LogP contribution in [0.15, 0.2) is 42.5 Å². The first-order valence-electron chi connectivity index (χ1n) is 8.42. The zero-order chi connectivity index (χ0) is 20.8. The molecule has 0 aromatic heterocycles. The number of benzene rings is 2. The molecule has 9 heteroatoms. The topological polar surface area (TPSA) is 92.6 Å². The van der Waals surface area contributed by atoms with Gasteiger partial charge in [-0.15, -0.1) is 0 Å². The molecule has 0 heterocycles. The summed E-state index contributed by atoms with van der Waals surface area (Å²) in [6.45, 7) is 1.56. The lowest BCUT2D eigenvalue weighted by molar-refractivity contribution is -0.385. The fraction of sp³-hybridized carbons (Fsp3) is 0.263. The quantitative estimate of drug-likeness (QED) is 0.543. The van der Waals surface area contributed by atoms with Gasteiger partial charge < -0.3 is 10.2 Å². The van der Waals surface area contributed by atoms with Crippen molar-refractivity contribution in [2.75, 3.05) is 7.05 Å². The van der Waals surface area contributed by atoms with Crippen LogP contribution in [-0.4, -0.2) is 34.7 Å². The number of nitrogens with one attached hydrogen (secondary N) is 1. The molecule has 0 aliphatic heterocycles. The number of amides is 2. The van der Waals surface area contributed by atoms with Crippen molar-refractivity contribution in [3.05, 3.63) is 73.8 Å². The molecule has 1 atom stereocenters. The van der Waals surface area contributed by atoms with Gasteiger partial charge in [0.25, 0.3) is 5.69 Å². The maximum absolute atomic E-state index is 13.0. The molecule has 0 saturated heterocycles. The molecule has 7 nitrogen and oxygen atoms in total. The fourth-order valence-electron chi connectivity index (χ4n) is 2.75. The molecule has 2 aromatic rings. The number of halogens is 2. The molecule has 28 heavy (non-hydrogen) atoms. The zero-order valence-electron chi connectivity index (χ0n) is 15.3. The van der Waals surface area contributed by atoms with E-state index >= 15 is 0 Å². The summed E-state index contributed by atoms with van der Waals surface area (Å²) in [6.07, 6.45) is -0.236. The number of carbonyl (C=O) groups is 2. The van der Waals surface area contributed by atoms with Crippen LogP contribution < -0.4 is 5.32 Å². The van der Waals surface area contributed by atoms with Crippen LogP contribution in [0.1, 0.15) is 18.1 Å². The van der Waals surface area contributed by atoms with Crippen LogP contribution in [0.4, 0.5) is 5.69 Å². The number of carbonyl (C=O) groups excluding carboxylic acids is 2. The third-order valence-electron chi connectivity index (χ3n) is 4.33. The van der Waals surface area contributed by atoms with Crippen LogP contribution in [0.5, 0.6) is 0 Å². The summed E-state index contributed by atoms with van der Waals surface area (Å²) in [5.41, 5.74) is 0.605. The van der Waals surface area contributed by atoms with E-state index in [9.17, 15) is 19.7 Å². The van der Waals surface area contributed by atoms with Gasteiger partial charge in [-0.05, 0) is 19.1 Å². The Morgan fingerprint density at radius 3 is 2.32 bits per heavy atom. The SMILES string of the molecule is CNC(=O)[C@H](C)N(Cc1c(Cl)cccc1Cl)C(=O)Cc1ccccc1[N+](=O)[O-]. The van der Waals surface area contributed by atoms with Crippen LogP contribution in [0.3, 0.4) is 0 Å². The molecule has 0 aliphatic carbocycles. The van der Waals surface area contributed by atoms with E-state index in [1.54, 1.807) is 31.2 Å². The van der Waals surface area contributed by atoms with Gasteiger partial charge >= 0.3 is 0 Å². The summed E-state index contributed by atoms with van der Waals surface area (Å²) in [6, 6.07) is 10.1. The molecule has 0 bridgehead atoms. The molecule has 2 aromatic carbocycles. The lowest BCUT2D eigenvalue weighted by Gasteiger charge is -2.29. The maximum Gasteiger partial charge on any atom is 0.273 e. The Morgan fingerprint density at radius 1 is 1.14 bits per heavy atom. The first-order valence-corrected chi connectivity index (χ1v) is 9.18. The van der Waals surface area contributed by atoms with E-state index in [2.05, 4.69) is 5.32 Å². The van der Waals surface area contributed by atoms with E-state index < -0.39 is 16.9 Å². The Hall–Kier alpha value is -2.64. The molecule has 2 amide bonds. The molecular weight excluding hydrogens is 405 g/mol. The standard InChI is InChI=1S/C19H19Cl2N3O4/c1-12(19(26)22-2)23(11-14-15(20)7-5-8-16(14)21)18(25)10-13-6-3-4-9-17(13)24(27)28/h3-9,12H,10-11H2,1-2H3,(H,22,26)/t12-/m0/s1. The Morgan fingerprint density at radius 2 is 1.75 bits per heavy atom. The Labute approximate surface area is 172 Å². The summed E-state index contributed by atoms with van der Waals surface area (Å²) >= 11 is 12.4. The number of nitro benzene ring substituents is 1. The number of hydrogen-bond acceptors (Lipinski definition) is 4. The highest BCUT2D eigenvalue weighted by molar-refractivity contribution is 6.36. The number of likely N-dealkylation sites (N-methyl/N-ethyl adjacent to an activating group) is 1. The second-order valence-electron chi connectivity index (χ2n) is 6.07. The molecule has 0 saturated carbocycles. The summed E-state index contributed by atoms with van der Waals surface area (Å²) in [4.78, 5) is 37.2. The van der Waals surface area contributed by atoms with Crippen LogP contribution in [-0.2, 0) is 22.6 Å². The van der Waals surface area contributed by atoms with E-state index in [1.165, 1.54) is 30.1 Å². The lowest BCUT2D eigenvalue weighted by atomic mass is 10.1. The van der Waals surface area contributed by atoms with Crippen molar-refractivity contribution in [1.82, 2.24) is 10.2 Å². The van der Waals surface area contributed by atoms with Crippen LogP contribution in [0.2, 0.25) is 10.0 Å². The van der Waals surface area contributed by atoms with Gasteiger partial charge in [-0.2, -0.15) is 0 Å². The van der Waals surface area contributed by atoms with Crippen molar-refractivity contribution in [2.24, 2.45) is 0 Å². The highest BCUT2D eigenvalue weighted by Crippen LogP contribution is 2.27. The van der Waals surface area contributed by atoms with E-state index in [0.29, 0.717) is 15.6 Å². The first kappa shape index (κ1) is 21.7. The minimum atomic E-state index is -0.826. The largest absolute Gasteiger partial charge is 0.357 e. The molecule has 1 N–H and O–H groups in total. The molecular formula is C19H19Cl2N3O4. The Kier molecular flexibility index (Phi) is 7.37. The van der Waals surface area contributed by atoms with Gasteiger partial charge in [-0.3, -0.25) is 19.7 Å². The van der Waals surface area contributed by atoms with Gasteiger partial charge in [0.2, 0.25) is 11.8 Å². The summed E-state index contributed by atoms with van der Waals surface area (Å²) < 4.78 is 0. The maximum atomic E-state index is 13.0. The van der Waals surface area contributed by atoms with Crippen molar-refractivity contribution in [1.29, 1.82) is 0 Å². The molecule has 0 fully saturated rings. The summed E-state index contributed by atoms with van der Waals surface area (Å²) in [7, 11) is 1.46. The van der Waals surface area contributed by atoms with Gasteiger partial charge in [-0.25, -0.2) is 0 Å². The third kappa shape index (κ3) is 4.99. The normalized spacial score (nSPS) is 11.6. The fourth-order valence-corrected chi connectivity index (χ4v) is 3.27. The molecule has 0 radical (unpaired) electrons. The number of hydrogen-bond donors (Lipinski definition) is 1. The van der Waals surface area contributed by atoms with E-state index in [-0.39, 0.29) is 30.1 Å². The molecule has 2 rings (SSSR count). The minimum Gasteiger partial charge on any atom is -0.357 e. The highest BCUT2D eigenvalue weighted by atomic mass is 35.5. The van der Waals surface area contributed by atoms with Crippen molar-refractivity contribution in [3.8, 4) is 0 Å². The van der Waals surface area contributed by atoms with Crippen LogP contribution >= 0.6 is 23.2 Å². The summed E-state index contributed by atoms with van der Waals surface area (Å²) in [5.74, 6) is -0.833. The van der Waals surface area contributed by atoms with Gasteiger partial charge in [-0.1, -0.05) is 47.5 Å². The number of nitro groups is 1. The van der Waals surface area contributed by atoms with Crippen molar-refractivity contribution in [3.63, 3.8) is 0 Å². The lowest BCUT2D eigenvalue weighted by Crippen LogP contribution is -2.47. The van der Waals surface area contributed by atoms with E-state index in [0.717, 1.165) is 0 Å². The van der Waals surface area contributed by atoms with E-state index in [1.807, 2.05) is 0 Å². The highest BCUT2D eigenvalue weighted by Gasteiger charge is 2.28. The third-order valence-corrected chi connectivity index (χ3v) is 5.04. The molecule has 0 spiro atoms. The molecule has 0 aliphatic rings. The number of nitrogens with zero attached hydrogens (tertiary/aromatic N) is 2. The van der Waals surface area contributed by atoms with Gasteiger partial charge in [0.05, 0.1) is 11.3 Å². The van der Waals surface area contributed by atoms with Gasteiger partial charge in [0.1, 0.15) is 6.04 Å². The zero-order valence-corrected chi connectivity index (χ0v) is 16.8. The van der Waals surface area contributed by atoms with Crippen LogP contribution in [0, 0.1) is 10.1 Å². The van der Waals surface area contributed by atoms with Crippen molar-refractivity contribution >= 4 is 40.7 Å². The second kappa shape index (κ2) is 9.52. The van der Waals surface area contributed by atoms with Crippen molar-refractivity contribution in [2.45, 2.75) is 25.9 Å². The predicted octanol–water partition coefficient (Wildman–Crippen LogP) is 3.61. The molecule has 148 valence electrons.